The summed E-state index contributed by atoms with van der Waals surface area (Å²) in [5.41, 5.74) is 1.81. The molecule has 4 rings (SSSR count). The number of carbonyl (C=O) groups excluding carboxylic acids is 2. The van der Waals surface area contributed by atoms with Gasteiger partial charge < -0.3 is 10.0 Å². The van der Waals surface area contributed by atoms with E-state index in [1.54, 1.807) is 41.3 Å². The minimum Gasteiger partial charge on any atom is -0.375 e. The molecule has 0 spiro atoms. The molecule has 1 aliphatic rings. The van der Waals surface area contributed by atoms with Gasteiger partial charge in [0.2, 0.25) is 0 Å². The number of ketones is 1. The highest BCUT2D eigenvalue weighted by atomic mass is 79.9. The Balaban J connectivity index is 1.66. The monoisotopic (exact) mass is 449 g/mol. The highest BCUT2D eigenvalue weighted by Gasteiger charge is 2.50. The van der Waals surface area contributed by atoms with Crippen LogP contribution in [-0.4, -0.2) is 16.8 Å². The van der Waals surface area contributed by atoms with Gasteiger partial charge in [-0.3, -0.25) is 9.59 Å². The van der Waals surface area contributed by atoms with Crippen LogP contribution in [0.2, 0.25) is 0 Å². The van der Waals surface area contributed by atoms with Crippen LogP contribution in [0.3, 0.4) is 0 Å². The fourth-order valence-electron chi connectivity index (χ4n) is 3.68. The van der Waals surface area contributed by atoms with Crippen LogP contribution in [0, 0.1) is 6.92 Å². The van der Waals surface area contributed by atoms with Gasteiger partial charge in [-0.2, -0.15) is 0 Å². The molecule has 3 aromatic carbocycles. The quantitative estimate of drug-likeness (QED) is 0.570. The molecular formula is C24H20BrNO3. The standard InChI is InChI=1S/C24H20BrNO3/c1-16-6-8-17(9-7-16)15-26-21-5-3-2-4-20(21)24(29,23(26)28)14-22(27)18-10-12-19(25)13-11-18/h2-13,29H,14-15H2,1H3/t24-/m1/s1. The molecule has 0 aromatic heterocycles. The molecule has 0 saturated carbocycles. The fraction of sp³-hybridized carbons (Fsp3) is 0.167. The number of para-hydroxylation sites is 1. The van der Waals surface area contributed by atoms with E-state index < -0.39 is 11.5 Å². The average Bonchev–Trinajstić information content (AvgIpc) is 2.92. The van der Waals surface area contributed by atoms with E-state index in [2.05, 4.69) is 15.9 Å². The van der Waals surface area contributed by atoms with Crippen LogP contribution in [0.4, 0.5) is 5.69 Å². The van der Waals surface area contributed by atoms with E-state index in [1.165, 1.54) is 0 Å². The lowest BCUT2D eigenvalue weighted by molar-refractivity contribution is -0.136. The van der Waals surface area contributed by atoms with Crippen molar-refractivity contribution in [1.82, 2.24) is 0 Å². The number of benzene rings is 3. The summed E-state index contributed by atoms with van der Waals surface area (Å²) in [7, 11) is 0. The summed E-state index contributed by atoms with van der Waals surface area (Å²) in [6, 6.07) is 22.0. The molecule has 1 atom stereocenters. The van der Waals surface area contributed by atoms with Gasteiger partial charge in [0.15, 0.2) is 11.4 Å². The average molecular weight is 450 g/mol. The van der Waals surface area contributed by atoms with Gasteiger partial charge in [0.25, 0.3) is 5.91 Å². The highest BCUT2D eigenvalue weighted by molar-refractivity contribution is 9.10. The lowest BCUT2D eigenvalue weighted by Crippen LogP contribution is -2.41. The van der Waals surface area contributed by atoms with E-state index in [0.29, 0.717) is 23.4 Å². The number of nitrogens with zero attached hydrogens (tertiary/aromatic N) is 1. The highest BCUT2D eigenvalue weighted by Crippen LogP contribution is 2.43. The molecular weight excluding hydrogens is 430 g/mol. The van der Waals surface area contributed by atoms with Crippen molar-refractivity contribution in [2.45, 2.75) is 25.5 Å². The SMILES string of the molecule is Cc1ccc(CN2C(=O)[C@@](O)(CC(=O)c3ccc(Br)cc3)c3ccccc32)cc1. The van der Waals surface area contributed by atoms with Crippen molar-refractivity contribution in [1.29, 1.82) is 0 Å². The Bertz CT molecular complexity index is 1080. The first-order valence-corrected chi connectivity index (χ1v) is 10.2. The van der Waals surface area contributed by atoms with E-state index in [-0.39, 0.29) is 12.2 Å². The van der Waals surface area contributed by atoms with Crippen LogP contribution in [0.5, 0.6) is 0 Å². The normalized spacial score (nSPS) is 18.0. The van der Waals surface area contributed by atoms with E-state index in [9.17, 15) is 14.7 Å². The van der Waals surface area contributed by atoms with Crippen molar-refractivity contribution in [3.8, 4) is 0 Å². The third-order valence-electron chi connectivity index (χ3n) is 5.28. The predicted molar refractivity (Wildman–Crippen MR) is 116 cm³/mol. The van der Waals surface area contributed by atoms with Crippen LogP contribution < -0.4 is 4.90 Å². The van der Waals surface area contributed by atoms with E-state index >= 15 is 0 Å². The number of hydrogen-bond donors (Lipinski definition) is 1. The number of Topliss-reactive ketones (excluding diaryl/α,β-unsaturated/α-hetero) is 1. The van der Waals surface area contributed by atoms with E-state index in [4.69, 9.17) is 0 Å². The second-order valence-corrected chi connectivity index (χ2v) is 8.28. The van der Waals surface area contributed by atoms with Crippen LogP contribution in [0.15, 0.2) is 77.3 Å². The summed E-state index contributed by atoms with van der Waals surface area (Å²) < 4.78 is 0.860. The lowest BCUT2D eigenvalue weighted by atomic mass is 9.88. The van der Waals surface area contributed by atoms with Crippen molar-refractivity contribution in [3.05, 3.63) is 99.5 Å². The summed E-state index contributed by atoms with van der Waals surface area (Å²) in [5, 5.41) is 11.4. The molecule has 0 fully saturated rings. The first kappa shape index (κ1) is 19.6. The number of carbonyl (C=O) groups is 2. The summed E-state index contributed by atoms with van der Waals surface area (Å²) in [6.07, 6.45) is -0.297. The van der Waals surface area contributed by atoms with E-state index in [0.717, 1.165) is 15.6 Å². The summed E-state index contributed by atoms with van der Waals surface area (Å²) in [5.74, 6) is -0.745. The van der Waals surface area contributed by atoms with Crippen molar-refractivity contribution in [2.75, 3.05) is 4.90 Å². The lowest BCUT2D eigenvalue weighted by Gasteiger charge is -2.23. The van der Waals surface area contributed by atoms with Gasteiger partial charge in [-0.25, -0.2) is 0 Å². The maximum Gasteiger partial charge on any atom is 0.264 e. The van der Waals surface area contributed by atoms with Crippen molar-refractivity contribution < 1.29 is 14.7 Å². The number of amides is 1. The van der Waals surface area contributed by atoms with Gasteiger partial charge in [0, 0.05) is 15.6 Å². The molecule has 146 valence electrons. The molecule has 5 heteroatoms. The zero-order valence-corrected chi connectivity index (χ0v) is 17.5. The third-order valence-corrected chi connectivity index (χ3v) is 5.81. The van der Waals surface area contributed by atoms with Crippen molar-refractivity contribution in [2.24, 2.45) is 0 Å². The number of aryl methyl sites for hydroxylation is 1. The molecule has 4 nitrogen and oxygen atoms in total. The summed E-state index contributed by atoms with van der Waals surface area (Å²) in [6.45, 7) is 2.34. The second-order valence-electron chi connectivity index (χ2n) is 7.36. The molecule has 1 heterocycles. The van der Waals surface area contributed by atoms with Gasteiger partial charge in [-0.1, -0.05) is 76.1 Å². The number of halogens is 1. The number of fused-ring (bicyclic) bond motifs is 1. The largest absolute Gasteiger partial charge is 0.375 e. The van der Waals surface area contributed by atoms with Crippen LogP contribution >= 0.6 is 15.9 Å². The van der Waals surface area contributed by atoms with Gasteiger partial charge in [-0.05, 0) is 30.7 Å². The molecule has 0 unspecified atom stereocenters. The molecule has 0 aliphatic carbocycles. The molecule has 0 saturated heterocycles. The third kappa shape index (κ3) is 3.63. The number of anilines is 1. The van der Waals surface area contributed by atoms with Crippen molar-refractivity contribution >= 4 is 33.3 Å². The Morgan fingerprint density at radius 3 is 2.34 bits per heavy atom. The summed E-state index contributed by atoms with van der Waals surface area (Å²) >= 11 is 3.35. The molecule has 1 N–H and O–H groups in total. The Hall–Kier alpha value is -2.76. The first-order valence-electron chi connectivity index (χ1n) is 9.37. The van der Waals surface area contributed by atoms with Crippen LogP contribution in [-0.2, 0) is 16.9 Å². The Labute approximate surface area is 177 Å². The van der Waals surface area contributed by atoms with Crippen LogP contribution in [0.1, 0.15) is 33.5 Å². The Morgan fingerprint density at radius 1 is 1.00 bits per heavy atom. The molecule has 3 aromatic rings. The Morgan fingerprint density at radius 2 is 1.66 bits per heavy atom. The number of rotatable bonds is 5. The van der Waals surface area contributed by atoms with Crippen molar-refractivity contribution in [3.63, 3.8) is 0 Å². The van der Waals surface area contributed by atoms with Crippen LogP contribution in [0.25, 0.3) is 0 Å². The smallest absolute Gasteiger partial charge is 0.264 e. The molecule has 29 heavy (non-hydrogen) atoms. The number of hydrogen-bond acceptors (Lipinski definition) is 3. The minimum atomic E-state index is -1.87. The molecule has 1 aliphatic heterocycles. The predicted octanol–water partition coefficient (Wildman–Crippen LogP) is 4.76. The van der Waals surface area contributed by atoms with Gasteiger partial charge >= 0.3 is 0 Å². The fourth-order valence-corrected chi connectivity index (χ4v) is 3.95. The van der Waals surface area contributed by atoms with Gasteiger partial charge in [0.05, 0.1) is 18.7 Å². The van der Waals surface area contributed by atoms with Gasteiger partial charge in [0.1, 0.15) is 0 Å². The molecule has 1 amide bonds. The topological polar surface area (TPSA) is 57.6 Å². The number of aliphatic hydroxyl groups is 1. The summed E-state index contributed by atoms with van der Waals surface area (Å²) in [4.78, 5) is 27.7. The maximum atomic E-state index is 13.3. The second kappa shape index (κ2) is 7.58. The zero-order valence-electron chi connectivity index (χ0n) is 15.9. The first-order chi connectivity index (χ1) is 13.9. The minimum absolute atomic E-state index is 0.277. The molecule has 0 radical (unpaired) electrons. The van der Waals surface area contributed by atoms with E-state index in [1.807, 2.05) is 43.3 Å². The Kier molecular flexibility index (Phi) is 5.11. The molecule has 0 bridgehead atoms. The maximum absolute atomic E-state index is 13.3. The van der Waals surface area contributed by atoms with Gasteiger partial charge in [-0.15, -0.1) is 0 Å². The zero-order chi connectivity index (χ0) is 20.6.